The molecule has 5 heteroatoms. The topological polar surface area (TPSA) is 70.6 Å². The number of carbonyl (C=O) groups excluding carboxylic acids is 1. The van der Waals surface area contributed by atoms with E-state index in [0.717, 1.165) is 12.0 Å². The standard InChI is InChI=1S/C14H22N2O3/c1-3-11(2)13(17)9-15-14(18)16-19-10-12-7-5-4-6-8-12/h4-8,11,13,17H,3,9-10H2,1-2H3,(H2,15,16,18). The number of nitrogens with one attached hydrogen (secondary N) is 2. The number of amides is 2. The molecule has 1 aromatic carbocycles. The fourth-order valence-electron chi connectivity index (χ4n) is 1.47. The van der Waals surface area contributed by atoms with Crippen LogP contribution in [0.15, 0.2) is 30.3 Å². The van der Waals surface area contributed by atoms with Crippen molar-refractivity contribution in [2.24, 2.45) is 5.92 Å². The SMILES string of the molecule is CCC(C)C(O)CNC(=O)NOCc1ccccc1. The van der Waals surface area contributed by atoms with Crippen molar-refractivity contribution in [1.29, 1.82) is 0 Å². The van der Waals surface area contributed by atoms with Crippen molar-refractivity contribution >= 4 is 6.03 Å². The smallest absolute Gasteiger partial charge is 0.338 e. The molecule has 0 bridgehead atoms. The molecule has 0 heterocycles. The van der Waals surface area contributed by atoms with E-state index in [2.05, 4.69) is 10.8 Å². The third-order valence-electron chi connectivity index (χ3n) is 3.02. The van der Waals surface area contributed by atoms with Crippen molar-refractivity contribution in [3.8, 4) is 0 Å². The second-order valence-corrected chi connectivity index (χ2v) is 4.54. The molecule has 0 aromatic heterocycles. The Morgan fingerprint density at radius 1 is 1.37 bits per heavy atom. The number of carbonyl (C=O) groups is 1. The Morgan fingerprint density at radius 3 is 2.68 bits per heavy atom. The van der Waals surface area contributed by atoms with Gasteiger partial charge in [-0.15, -0.1) is 0 Å². The van der Waals surface area contributed by atoms with Crippen molar-refractivity contribution in [3.05, 3.63) is 35.9 Å². The Morgan fingerprint density at radius 2 is 2.05 bits per heavy atom. The molecular weight excluding hydrogens is 244 g/mol. The van der Waals surface area contributed by atoms with Gasteiger partial charge in [-0.2, -0.15) is 0 Å². The molecule has 0 aliphatic carbocycles. The lowest BCUT2D eigenvalue weighted by molar-refractivity contribution is 0.0463. The summed E-state index contributed by atoms with van der Waals surface area (Å²) in [6.45, 7) is 4.46. The van der Waals surface area contributed by atoms with Crippen LogP contribution in [0.1, 0.15) is 25.8 Å². The van der Waals surface area contributed by atoms with E-state index in [-0.39, 0.29) is 12.5 Å². The van der Waals surface area contributed by atoms with Crippen LogP contribution < -0.4 is 10.8 Å². The average Bonchev–Trinajstić information content (AvgIpc) is 2.45. The minimum atomic E-state index is -0.537. The number of aliphatic hydroxyl groups excluding tert-OH is 1. The van der Waals surface area contributed by atoms with Gasteiger partial charge in [0.2, 0.25) is 0 Å². The van der Waals surface area contributed by atoms with Gasteiger partial charge in [-0.3, -0.25) is 4.84 Å². The maximum absolute atomic E-state index is 11.4. The van der Waals surface area contributed by atoms with Gasteiger partial charge in [0.1, 0.15) is 0 Å². The lowest BCUT2D eigenvalue weighted by atomic mass is 10.0. The molecule has 0 radical (unpaired) electrons. The van der Waals surface area contributed by atoms with E-state index in [0.29, 0.717) is 6.61 Å². The molecule has 2 atom stereocenters. The molecule has 0 spiro atoms. The van der Waals surface area contributed by atoms with Gasteiger partial charge < -0.3 is 10.4 Å². The zero-order valence-electron chi connectivity index (χ0n) is 11.4. The van der Waals surface area contributed by atoms with Gasteiger partial charge >= 0.3 is 6.03 Å². The van der Waals surface area contributed by atoms with E-state index < -0.39 is 12.1 Å². The summed E-state index contributed by atoms with van der Waals surface area (Å²) < 4.78 is 0. The molecule has 19 heavy (non-hydrogen) atoms. The largest absolute Gasteiger partial charge is 0.391 e. The fraction of sp³-hybridized carbons (Fsp3) is 0.500. The predicted molar refractivity (Wildman–Crippen MR) is 73.2 cm³/mol. The highest BCUT2D eigenvalue weighted by atomic mass is 16.7. The zero-order chi connectivity index (χ0) is 14.1. The molecule has 3 N–H and O–H groups in total. The zero-order valence-corrected chi connectivity index (χ0v) is 11.4. The summed E-state index contributed by atoms with van der Waals surface area (Å²) in [6.07, 6.45) is 0.333. The molecule has 106 valence electrons. The van der Waals surface area contributed by atoms with Crippen molar-refractivity contribution in [1.82, 2.24) is 10.8 Å². The van der Waals surface area contributed by atoms with E-state index in [1.165, 1.54) is 0 Å². The number of benzene rings is 1. The number of hydrogen-bond donors (Lipinski definition) is 3. The Hall–Kier alpha value is -1.59. The van der Waals surface area contributed by atoms with E-state index in [9.17, 15) is 9.90 Å². The van der Waals surface area contributed by atoms with Crippen molar-refractivity contribution in [3.63, 3.8) is 0 Å². The molecule has 5 nitrogen and oxygen atoms in total. The predicted octanol–water partition coefficient (Wildman–Crippen LogP) is 1.82. The van der Waals surface area contributed by atoms with Gasteiger partial charge in [0.05, 0.1) is 12.7 Å². The first-order valence-corrected chi connectivity index (χ1v) is 6.51. The fourth-order valence-corrected chi connectivity index (χ4v) is 1.47. The molecule has 0 aliphatic rings. The van der Waals surface area contributed by atoms with Crippen LogP contribution >= 0.6 is 0 Å². The highest BCUT2D eigenvalue weighted by Gasteiger charge is 2.13. The molecule has 2 unspecified atom stereocenters. The maximum atomic E-state index is 11.4. The first kappa shape index (κ1) is 15.5. The molecule has 0 saturated heterocycles. The first-order chi connectivity index (χ1) is 9.13. The highest BCUT2D eigenvalue weighted by molar-refractivity contribution is 5.72. The third-order valence-corrected chi connectivity index (χ3v) is 3.02. The van der Waals surface area contributed by atoms with Gasteiger partial charge in [0.15, 0.2) is 0 Å². The van der Waals surface area contributed by atoms with E-state index in [1.807, 2.05) is 44.2 Å². The first-order valence-electron chi connectivity index (χ1n) is 6.51. The third kappa shape index (κ3) is 6.22. The summed E-state index contributed by atoms with van der Waals surface area (Å²) in [6, 6.07) is 9.10. The lowest BCUT2D eigenvalue weighted by Crippen LogP contribution is -2.41. The summed E-state index contributed by atoms with van der Waals surface area (Å²) in [5, 5.41) is 12.2. The summed E-state index contributed by atoms with van der Waals surface area (Å²) in [4.78, 5) is 16.4. The average molecular weight is 266 g/mol. The molecule has 1 rings (SSSR count). The van der Waals surface area contributed by atoms with Crippen LogP contribution in [-0.2, 0) is 11.4 Å². The molecule has 0 saturated carbocycles. The Kier molecular flexibility index (Phi) is 6.92. The quantitative estimate of drug-likeness (QED) is 0.659. The van der Waals surface area contributed by atoms with Crippen LogP contribution in [0.25, 0.3) is 0 Å². The molecular formula is C14H22N2O3. The second-order valence-electron chi connectivity index (χ2n) is 4.54. The number of urea groups is 1. The van der Waals surface area contributed by atoms with Gasteiger partial charge in [0, 0.05) is 6.54 Å². The van der Waals surface area contributed by atoms with Crippen LogP contribution in [0.4, 0.5) is 4.79 Å². The summed E-state index contributed by atoms with van der Waals surface area (Å²) in [5.74, 6) is 0.158. The van der Waals surface area contributed by atoms with Gasteiger partial charge in [-0.25, -0.2) is 10.3 Å². The van der Waals surface area contributed by atoms with Crippen LogP contribution in [0.5, 0.6) is 0 Å². The van der Waals surface area contributed by atoms with E-state index in [4.69, 9.17) is 4.84 Å². The van der Waals surface area contributed by atoms with Crippen LogP contribution in [0.2, 0.25) is 0 Å². The molecule has 0 aliphatic heterocycles. The highest BCUT2D eigenvalue weighted by Crippen LogP contribution is 2.05. The molecule has 2 amide bonds. The normalized spacial score (nSPS) is 13.6. The van der Waals surface area contributed by atoms with Crippen LogP contribution in [0.3, 0.4) is 0 Å². The van der Waals surface area contributed by atoms with Gasteiger partial charge in [-0.1, -0.05) is 50.6 Å². The lowest BCUT2D eigenvalue weighted by Gasteiger charge is -2.17. The second kappa shape index (κ2) is 8.50. The molecule has 1 aromatic rings. The van der Waals surface area contributed by atoms with Crippen molar-refractivity contribution < 1.29 is 14.7 Å². The van der Waals surface area contributed by atoms with E-state index >= 15 is 0 Å². The number of rotatable bonds is 7. The summed E-state index contributed by atoms with van der Waals surface area (Å²) >= 11 is 0. The minimum Gasteiger partial charge on any atom is -0.391 e. The van der Waals surface area contributed by atoms with Gasteiger partial charge in [0.25, 0.3) is 0 Å². The summed E-state index contributed by atoms with van der Waals surface area (Å²) in [5.41, 5.74) is 3.26. The monoisotopic (exact) mass is 266 g/mol. The summed E-state index contributed by atoms with van der Waals surface area (Å²) in [7, 11) is 0. The van der Waals surface area contributed by atoms with E-state index in [1.54, 1.807) is 0 Å². The minimum absolute atomic E-state index is 0.158. The number of aliphatic hydroxyl groups is 1. The maximum Gasteiger partial charge on any atom is 0.338 e. The Balaban J connectivity index is 2.15. The Labute approximate surface area is 113 Å². The van der Waals surface area contributed by atoms with Crippen LogP contribution in [-0.4, -0.2) is 23.8 Å². The number of hydrogen-bond acceptors (Lipinski definition) is 3. The number of hydroxylamine groups is 1. The van der Waals surface area contributed by atoms with Crippen LogP contribution in [0, 0.1) is 5.92 Å². The van der Waals surface area contributed by atoms with Crippen molar-refractivity contribution in [2.75, 3.05) is 6.54 Å². The van der Waals surface area contributed by atoms with Gasteiger partial charge in [-0.05, 0) is 11.5 Å². The van der Waals surface area contributed by atoms with Crippen molar-refractivity contribution in [2.45, 2.75) is 33.0 Å². The Bertz CT molecular complexity index is 370. The molecule has 0 fully saturated rings.